The van der Waals surface area contributed by atoms with Gasteiger partial charge < -0.3 is 25.7 Å². The molecule has 0 radical (unpaired) electrons. The van der Waals surface area contributed by atoms with E-state index in [1.165, 1.54) is 11.3 Å². The third-order valence-corrected chi connectivity index (χ3v) is 12.4. The molecule has 1 aromatic heterocycles. The summed E-state index contributed by atoms with van der Waals surface area (Å²) in [5.41, 5.74) is 5.39. The van der Waals surface area contributed by atoms with E-state index in [1.807, 2.05) is 54.6 Å². The molecule has 11 nitrogen and oxygen atoms in total. The molecule has 0 spiro atoms. The lowest BCUT2D eigenvalue weighted by Gasteiger charge is -2.33. The number of thiophene rings is 1. The van der Waals surface area contributed by atoms with Gasteiger partial charge in [-0.15, -0.1) is 11.3 Å². The number of carboxylic acids is 2. The molecular weight excluding hydrogens is 765 g/mol. The zero-order valence-electron chi connectivity index (χ0n) is 34.9. The molecule has 59 heavy (non-hydrogen) atoms. The number of hydrogen-bond acceptors (Lipinski definition) is 7. The third-order valence-electron chi connectivity index (χ3n) is 11.2. The van der Waals surface area contributed by atoms with E-state index in [9.17, 15) is 29.1 Å². The van der Waals surface area contributed by atoms with E-state index in [4.69, 9.17) is 5.11 Å². The number of nitrogens with zero attached hydrogens (tertiary/aromatic N) is 2. The van der Waals surface area contributed by atoms with Gasteiger partial charge in [0.05, 0.1) is 17.5 Å². The average Bonchev–Trinajstić information content (AvgIpc) is 3.57. The van der Waals surface area contributed by atoms with Crippen molar-refractivity contribution in [3.8, 4) is 0 Å². The average molecular weight is 823 g/mol. The van der Waals surface area contributed by atoms with Gasteiger partial charge in [-0.3, -0.25) is 24.1 Å². The minimum absolute atomic E-state index is 0.0761. The lowest BCUT2D eigenvalue weighted by Crippen LogP contribution is -2.41. The molecule has 0 bridgehead atoms. The molecule has 0 saturated heterocycles. The van der Waals surface area contributed by atoms with Crippen LogP contribution in [-0.2, 0) is 41.8 Å². The molecule has 1 aliphatic carbocycles. The number of nitrogens with one attached hydrogen (secondary N) is 2. The second-order valence-electron chi connectivity index (χ2n) is 16.4. The van der Waals surface area contributed by atoms with Crippen molar-refractivity contribution in [2.75, 3.05) is 30.8 Å². The number of carboxylic acid groups (broad SMARTS) is 2. The Morgan fingerprint density at radius 1 is 0.763 bits per heavy atom. The van der Waals surface area contributed by atoms with Crippen LogP contribution in [0.15, 0.2) is 72.8 Å². The summed E-state index contributed by atoms with van der Waals surface area (Å²) in [5.74, 6) is -2.49. The molecule has 314 valence electrons. The Morgan fingerprint density at radius 2 is 1.41 bits per heavy atom. The van der Waals surface area contributed by atoms with Crippen LogP contribution >= 0.6 is 11.3 Å². The molecule has 5 rings (SSSR count). The monoisotopic (exact) mass is 822 g/mol. The Morgan fingerprint density at radius 3 is 2.03 bits per heavy atom. The topological polar surface area (TPSA) is 156 Å². The first-order chi connectivity index (χ1) is 28.2. The quantitative estimate of drug-likeness (QED) is 0.0689. The van der Waals surface area contributed by atoms with Crippen molar-refractivity contribution in [1.82, 2.24) is 9.80 Å². The second-order valence-corrected chi connectivity index (χ2v) is 17.5. The maximum Gasteiger partial charge on any atom is 0.335 e. The number of aliphatic carboxylic acids is 1. The van der Waals surface area contributed by atoms with Gasteiger partial charge in [-0.2, -0.15) is 0 Å². The van der Waals surface area contributed by atoms with E-state index in [-0.39, 0.29) is 42.2 Å². The van der Waals surface area contributed by atoms with Crippen molar-refractivity contribution in [2.45, 2.75) is 104 Å². The summed E-state index contributed by atoms with van der Waals surface area (Å²) in [4.78, 5) is 68.5. The summed E-state index contributed by atoms with van der Waals surface area (Å²) in [6, 6.07) is 22.4. The molecule has 0 aliphatic heterocycles. The van der Waals surface area contributed by atoms with Crippen LogP contribution in [0, 0.1) is 5.41 Å². The summed E-state index contributed by atoms with van der Waals surface area (Å²) in [5, 5.41) is 25.1. The summed E-state index contributed by atoms with van der Waals surface area (Å²) in [6.45, 7) is 9.58. The highest BCUT2D eigenvalue weighted by Crippen LogP contribution is 2.39. The zero-order chi connectivity index (χ0) is 42.7. The first kappa shape index (κ1) is 44.8. The van der Waals surface area contributed by atoms with Crippen LogP contribution in [0.2, 0.25) is 0 Å². The van der Waals surface area contributed by atoms with Crippen LogP contribution in [0.5, 0.6) is 0 Å². The number of aryl methyl sites for hydroxylation is 3. The van der Waals surface area contributed by atoms with Crippen LogP contribution in [-0.4, -0.2) is 75.9 Å². The molecular formula is C47H58N4O7S. The molecule has 1 aliphatic rings. The molecule has 0 saturated carbocycles. The number of hydrogen-bond donors (Lipinski definition) is 4. The van der Waals surface area contributed by atoms with Gasteiger partial charge in [-0.1, -0.05) is 64.1 Å². The van der Waals surface area contributed by atoms with Gasteiger partial charge in [0.25, 0.3) is 11.8 Å². The van der Waals surface area contributed by atoms with Crippen LogP contribution in [0.3, 0.4) is 0 Å². The van der Waals surface area contributed by atoms with E-state index in [0.717, 1.165) is 78.5 Å². The molecule has 4 N–H and O–H groups in total. The first-order valence-electron chi connectivity index (χ1n) is 20.6. The fraction of sp³-hybridized carbons (Fsp3) is 0.426. The van der Waals surface area contributed by atoms with E-state index < -0.39 is 17.4 Å². The number of rotatable bonds is 20. The Hall–Kier alpha value is -5.33. The molecule has 0 fully saturated rings. The fourth-order valence-electron chi connectivity index (χ4n) is 7.78. The highest BCUT2D eigenvalue weighted by molar-refractivity contribution is 7.17. The Kier molecular flexibility index (Phi) is 15.6. The van der Waals surface area contributed by atoms with Crippen molar-refractivity contribution in [3.05, 3.63) is 117 Å². The smallest absolute Gasteiger partial charge is 0.335 e. The Balaban J connectivity index is 1.24. The fourth-order valence-corrected chi connectivity index (χ4v) is 9.06. The molecule has 3 amide bonds. The number of carbonyl (C=O) groups is 5. The lowest BCUT2D eigenvalue weighted by molar-refractivity contribution is -0.140. The van der Waals surface area contributed by atoms with E-state index >= 15 is 0 Å². The first-order valence-corrected chi connectivity index (χ1v) is 21.4. The number of fused-ring (bicyclic) bond motifs is 1. The van der Waals surface area contributed by atoms with Gasteiger partial charge in [0.15, 0.2) is 0 Å². The molecule has 1 heterocycles. The number of aromatic carboxylic acids is 1. The summed E-state index contributed by atoms with van der Waals surface area (Å²) in [7, 11) is 1.76. The minimum Gasteiger partial charge on any atom is -0.481 e. The summed E-state index contributed by atoms with van der Waals surface area (Å²) in [6.07, 6.45) is 7.10. The summed E-state index contributed by atoms with van der Waals surface area (Å²) < 4.78 is 0. The molecule has 12 heteroatoms. The van der Waals surface area contributed by atoms with Crippen molar-refractivity contribution < 1.29 is 34.2 Å². The lowest BCUT2D eigenvalue weighted by atomic mass is 9.85. The molecule has 0 atom stereocenters. The second kappa shape index (κ2) is 20.6. The Bertz CT molecular complexity index is 2110. The zero-order valence-corrected chi connectivity index (χ0v) is 35.8. The van der Waals surface area contributed by atoms with Gasteiger partial charge in [0.1, 0.15) is 5.00 Å². The van der Waals surface area contributed by atoms with E-state index in [1.54, 1.807) is 44.0 Å². The molecule has 3 aromatic carbocycles. The maximum absolute atomic E-state index is 14.0. The standard InChI is InChI=1S/C47H58N4O7S/c1-6-37(7-2)51(26-25-50(5)40(52)28-47(3,4)29-41(53)54)30-33-11-10-12-35(27-33)43(55)49-45-42(38-13-8-9-14-39(38)59-45)44(56)48-36-23-19-32(20-24-36)16-15-31-17-21-34(22-18-31)46(57)58/h10-12,17-24,27,37H,6-9,13-16,25-26,28-30H2,1-5H3,(H,48,56)(H,49,55)(H,53,54)(H,57,58). The number of likely N-dealkylation sites (N-methyl/N-ethyl adjacent to an activating group) is 1. The normalized spacial score (nSPS) is 12.6. The number of amides is 3. The van der Waals surface area contributed by atoms with E-state index in [2.05, 4.69) is 29.4 Å². The van der Waals surface area contributed by atoms with Crippen molar-refractivity contribution >= 4 is 51.7 Å². The molecule has 4 aromatic rings. The predicted octanol–water partition coefficient (Wildman–Crippen LogP) is 8.95. The van der Waals surface area contributed by atoms with Crippen LogP contribution in [0.4, 0.5) is 10.7 Å². The highest BCUT2D eigenvalue weighted by atomic mass is 32.1. The maximum atomic E-state index is 14.0. The van der Waals surface area contributed by atoms with Gasteiger partial charge in [0.2, 0.25) is 5.91 Å². The minimum atomic E-state index is -0.945. The van der Waals surface area contributed by atoms with Gasteiger partial charge in [0, 0.05) is 55.3 Å². The third kappa shape index (κ3) is 12.6. The highest BCUT2D eigenvalue weighted by Gasteiger charge is 2.29. The van der Waals surface area contributed by atoms with E-state index in [0.29, 0.717) is 41.4 Å². The summed E-state index contributed by atoms with van der Waals surface area (Å²) >= 11 is 1.48. The predicted molar refractivity (Wildman–Crippen MR) is 234 cm³/mol. The number of benzene rings is 3. The van der Waals surface area contributed by atoms with Crippen LogP contribution in [0.25, 0.3) is 0 Å². The van der Waals surface area contributed by atoms with Gasteiger partial charge in [-0.05, 0) is 115 Å². The number of anilines is 2. The Labute approximate surface area is 351 Å². The van der Waals surface area contributed by atoms with Gasteiger partial charge in [-0.25, -0.2) is 4.79 Å². The van der Waals surface area contributed by atoms with Crippen LogP contribution in [0.1, 0.15) is 124 Å². The largest absolute Gasteiger partial charge is 0.481 e. The molecule has 0 unspecified atom stereocenters. The van der Waals surface area contributed by atoms with Crippen LogP contribution < -0.4 is 10.6 Å². The van der Waals surface area contributed by atoms with Crippen molar-refractivity contribution in [2.24, 2.45) is 5.41 Å². The SMILES string of the molecule is CCC(CC)N(CCN(C)C(=O)CC(C)(C)CC(=O)O)Cc1cccc(C(=O)Nc2sc3c(c2C(=O)Nc2ccc(CCc4ccc(C(=O)O)cc4)cc2)CCCC3)c1. The van der Waals surface area contributed by atoms with Gasteiger partial charge >= 0.3 is 11.9 Å². The number of carbonyl (C=O) groups excluding carboxylic acids is 3. The van der Waals surface area contributed by atoms with Crippen molar-refractivity contribution in [1.29, 1.82) is 0 Å². The van der Waals surface area contributed by atoms with Crippen molar-refractivity contribution in [3.63, 3.8) is 0 Å².